The number of esters is 1. The molecule has 2 rings (SSSR count). The van der Waals surface area contributed by atoms with Crippen molar-refractivity contribution in [1.29, 1.82) is 0 Å². The Bertz CT molecular complexity index is 1040. The molecule has 0 atom stereocenters. The van der Waals surface area contributed by atoms with E-state index in [1.165, 1.54) is 35.2 Å². The second kappa shape index (κ2) is 10.1. The van der Waals surface area contributed by atoms with Gasteiger partial charge in [-0.1, -0.05) is 29.3 Å². The third-order valence-corrected chi connectivity index (χ3v) is 6.17. The molecular formula is C20H22Cl2N2O5S. The summed E-state index contributed by atoms with van der Waals surface area (Å²) in [4.78, 5) is 26.0. The predicted octanol–water partition coefficient (Wildman–Crippen LogP) is 4.21. The number of halogens is 2. The average molecular weight is 473 g/mol. The van der Waals surface area contributed by atoms with E-state index in [-0.39, 0.29) is 45.4 Å². The van der Waals surface area contributed by atoms with E-state index in [4.69, 9.17) is 27.9 Å². The average Bonchev–Trinajstić information content (AvgIpc) is 2.67. The SMILES string of the molecule is CCOC(=O)CN(C(=O)c1cccc(NS(=O)(=O)c2ccc(Cl)c(Cl)c2)c1)C(C)C. The molecule has 0 aliphatic rings. The number of nitrogens with zero attached hydrogens (tertiary/aromatic N) is 1. The van der Waals surface area contributed by atoms with Crippen LogP contribution in [0, 0.1) is 0 Å². The second-order valence-electron chi connectivity index (χ2n) is 6.59. The van der Waals surface area contributed by atoms with Gasteiger partial charge in [0.25, 0.3) is 15.9 Å². The lowest BCUT2D eigenvalue weighted by molar-refractivity contribution is -0.144. The van der Waals surface area contributed by atoms with Crippen LogP contribution in [0.2, 0.25) is 10.0 Å². The van der Waals surface area contributed by atoms with Crippen molar-refractivity contribution in [1.82, 2.24) is 4.90 Å². The minimum atomic E-state index is -3.95. The second-order valence-corrected chi connectivity index (χ2v) is 9.09. The van der Waals surface area contributed by atoms with Crippen molar-refractivity contribution in [3.8, 4) is 0 Å². The highest BCUT2D eigenvalue weighted by atomic mass is 35.5. The van der Waals surface area contributed by atoms with Gasteiger partial charge in [-0.25, -0.2) is 8.42 Å². The molecule has 0 bridgehead atoms. The normalized spacial score (nSPS) is 11.3. The fourth-order valence-electron chi connectivity index (χ4n) is 2.57. The van der Waals surface area contributed by atoms with Crippen LogP contribution in [0.1, 0.15) is 31.1 Å². The lowest BCUT2D eigenvalue weighted by Crippen LogP contribution is -2.41. The number of rotatable bonds is 8. The fraction of sp³-hybridized carbons (Fsp3) is 0.300. The Morgan fingerprint density at radius 3 is 2.40 bits per heavy atom. The molecule has 0 fully saturated rings. The third-order valence-electron chi connectivity index (χ3n) is 4.05. The maximum Gasteiger partial charge on any atom is 0.325 e. The van der Waals surface area contributed by atoms with E-state index in [2.05, 4.69) is 4.72 Å². The van der Waals surface area contributed by atoms with Crippen LogP contribution in [0.5, 0.6) is 0 Å². The molecule has 0 saturated heterocycles. The first-order valence-electron chi connectivity index (χ1n) is 9.09. The van der Waals surface area contributed by atoms with Gasteiger partial charge in [0.1, 0.15) is 6.54 Å². The standard InChI is InChI=1S/C20H22Cl2N2O5S/c1-4-29-19(25)12-24(13(2)3)20(26)14-6-5-7-15(10-14)23-30(27,28)16-8-9-17(21)18(22)11-16/h5-11,13,23H,4,12H2,1-3H3. The molecule has 162 valence electrons. The van der Waals surface area contributed by atoms with Gasteiger partial charge < -0.3 is 9.64 Å². The van der Waals surface area contributed by atoms with Gasteiger partial charge in [0.05, 0.1) is 21.5 Å². The summed E-state index contributed by atoms with van der Waals surface area (Å²) < 4.78 is 32.6. The summed E-state index contributed by atoms with van der Waals surface area (Å²) in [5.41, 5.74) is 0.411. The van der Waals surface area contributed by atoms with E-state index in [1.54, 1.807) is 32.9 Å². The number of sulfonamides is 1. The Morgan fingerprint density at radius 1 is 1.10 bits per heavy atom. The number of anilines is 1. The van der Waals surface area contributed by atoms with Crippen LogP contribution in [0.4, 0.5) is 5.69 Å². The maximum atomic E-state index is 12.9. The van der Waals surface area contributed by atoms with Crippen LogP contribution < -0.4 is 4.72 Å². The van der Waals surface area contributed by atoms with E-state index in [0.717, 1.165) is 0 Å². The summed E-state index contributed by atoms with van der Waals surface area (Å²) >= 11 is 11.7. The van der Waals surface area contributed by atoms with E-state index in [9.17, 15) is 18.0 Å². The van der Waals surface area contributed by atoms with Gasteiger partial charge in [0.2, 0.25) is 0 Å². The number of ether oxygens (including phenoxy) is 1. The van der Waals surface area contributed by atoms with Crippen LogP contribution in [0.15, 0.2) is 47.4 Å². The van der Waals surface area contributed by atoms with Crippen molar-refractivity contribution in [2.75, 3.05) is 17.9 Å². The molecule has 0 radical (unpaired) electrons. The van der Waals surface area contributed by atoms with Crippen molar-refractivity contribution >= 4 is 50.8 Å². The Hall–Kier alpha value is -2.29. The van der Waals surface area contributed by atoms with Crippen LogP contribution >= 0.6 is 23.2 Å². The Labute approximate surface area is 186 Å². The summed E-state index contributed by atoms with van der Waals surface area (Å²) in [5, 5.41) is 0.341. The Balaban J connectivity index is 2.26. The number of nitrogens with one attached hydrogen (secondary N) is 1. The highest BCUT2D eigenvalue weighted by Gasteiger charge is 2.23. The number of hydrogen-bond donors (Lipinski definition) is 1. The van der Waals surface area contributed by atoms with E-state index >= 15 is 0 Å². The molecule has 30 heavy (non-hydrogen) atoms. The number of carbonyl (C=O) groups excluding carboxylic acids is 2. The molecule has 2 aromatic carbocycles. The van der Waals surface area contributed by atoms with Gasteiger partial charge in [0, 0.05) is 17.3 Å². The summed E-state index contributed by atoms with van der Waals surface area (Å²) in [6.45, 7) is 5.24. The van der Waals surface area contributed by atoms with Gasteiger partial charge in [-0.15, -0.1) is 0 Å². The summed E-state index contributed by atoms with van der Waals surface area (Å²) in [7, 11) is -3.95. The van der Waals surface area contributed by atoms with Crippen molar-refractivity contribution in [3.63, 3.8) is 0 Å². The fourth-order valence-corrected chi connectivity index (χ4v) is 4.01. The topological polar surface area (TPSA) is 92.8 Å². The van der Waals surface area contributed by atoms with Crippen LogP contribution in [0.3, 0.4) is 0 Å². The summed E-state index contributed by atoms with van der Waals surface area (Å²) in [6, 6.07) is 9.68. The summed E-state index contributed by atoms with van der Waals surface area (Å²) in [6.07, 6.45) is 0. The molecule has 0 aromatic heterocycles. The zero-order valence-corrected chi connectivity index (χ0v) is 19.0. The predicted molar refractivity (Wildman–Crippen MR) is 117 cm³/mol. The first-order valence-corrected chi connectivity index (χ1v) is 11.3. The largest absolute Gasteiger partial charge is 0.465 e. The molecule has 2 aromatic rings. The van der Waals surface area contributed by atoms with Crippen molar-refractivity contribution in [3.05, 3.63) is 58.1 Å². The number of amides is 1. The van der Waals surface area contributed by atoms with Gasteiger partial charge >= 0.3 is 5.97 Å². The van der Waals surface area contributed by atoms with E-state index < -0.39 is 21.9 Å². The maximum absolute atomic E-state index is 12.9. The Morgan fingerprint density at radius 2 is 1.80 bits per heavy atom. The minimum absolute atomic E-state index is 0.0697. The number of hydrogen-bond acceptors (Lipinski definition) is 5. The van der Waals surface area contributed by atoms with Crippen LogP contribution in [0.25, 0.3) is 0 Å². The number of carbonyl (C=O) groups is 2. The highest BCUT2D eigenvalue weighted by molar-refractivity contribution is 7.92. The number of benzene rings is 2. The lowest BCUT2D eigenvalue weighted by atomic mass is 10.1. The van der Waals surface area contributed by atoms with Gasteiger partial charge in [0.15, 0.2) is 0 Å². The summed E-state index contributed by atoms with van der Waals surface area (Å²) in [5.74, 6) is -0.940. The van der Waals surface area contributed by atoms with Gasteiger partial charge in [-0.05, 0) is 57.2 Å². The molecule has 0 aliphatic heterocycles. The van der Waals surface area contributed by atoms with Crippen LogP contribution in [-0.4, -0.2) is 44.4 Å². The van der Waals surface area contributed by atoms with Crippen molar-refractivity contribution in [2.24, 2.45) is 0 Å². The van der Waals surface area contributed by atoms with Gasteiger partial charge in [-0.3, -0.25) is 14.3 Å². The zero-order chi connectivity index (χ0) is 22.5. The molecule has 0 aliphatic carbocycles. The van der Waals surface area contributed by atoms with Crippen LogP contribution in [-0.2, 0) is 19.6 Å². The first kappa shape index (κ1) is 24.0. The molecule has 0 unspecified atom stereocenters. The molecule has 10 heteroatoms. The smallest absolute Gasteiger partial charge is 0.325 e. The first-order chi connectivity index (χ1) is 14.0. The molecule has 1 N–H and O–H groups in total. The lowest BCUT2D eigenvalue weighted by Gasteiger charge is -2.26. The van der Waals surface area contributed by atoms with E-state index in [1.807, 2.05) is 0 Å². The monoisotopic (exact) mass is 472 g/mol. The highest BCUT2D eigenvalue weighted by Crippen LogP contribution is 2.26. The zero-order valence-electron chi connectivity index (χ0n) is 16.7. The minimum Gasteiger partial charge on any atom is -0.465 e. The molecule has 7 nitrogen and oxygen atoms in total. The molecule has 1 amide bonds. The third kappa shape index (κ3) is 6.10. The Kier molecular flexibility index (Phi) is 8.11. The molecule has 0 spiro atoms. The van der Waals surface area contributed by atoms with Crippen molar-refractivity contribution in [2.45, 2.75) is 31.7 Å². The molecule has 0 heterocycles. The molecule has 0 saturated carbocycles. The van der Waals surface area contributed by atoms with Crippen molar-refractivity contribution < 1.29 is 22.7 Å². The molecular weight excluding hydrogens is 451 g/mol. The van der Waals surface area contributed by atoms with E-state index in [0.29, 0.717) is 0 Å². The van der Waals surface area contributed by atoms with Gasteiger partial charge in [-0.2, -0.15) is 0 Å². The quantitative estimate of drug-likeness (QED) is 0.580.